The number of aryl methyl sites for hydroxylation is 2. The Balaban J connectivity index is 0.00000162. The molecule has 6 heteroatoms. The summed E-state index contributed by atoms with van der Waals surface area (Å²) in [5, 5.41) is 2.01. The molecule has 0 bridgehead atoms. The number of rotatable bonds is 2. The van der Waals surface area contributed by atoms with Gasteiger partial charge in [0.05, 0.1) is 0 Å². The van der Waals surface area contributed by atoms with Gasteiger partial charge in [0.15, 0.2) is 0 Å². The molecule has 0 amide bonds. The van der Waals surface area contributed by atoms with Gasteiger partial charge in [-0.05, 0) is 86.4 Å². The predicted molar refractivity (Wildman–Crippen MR) is 360 cm³/mol. The summed E-state index contributed by atoms with van der Waals surface area (Å²) in [5.74, 6) is 17.2. The lowest BCUT2D eigenvalue weighted by molar-refractivity contribution is -0.479. The van der Waals surface area contributed by atoms with Crippen molar-refractivity contribution in [1.29, 1.82) is 0 Å². The highest BCUT2D eigenvalue weighted by Gasteiger charge is 2.63. The smallest absolute Gasteiger partial charge is 0.268 e. The van der Waals surface area contributed by atoms with E-state index in [9.17, 15) is 0 Å². The van der Waals surface area contributed by atoms with Crippen molar-refractivity contribution in [3.8, 4) is 45.5 Å². The van der Waals surface area contributed by atoms with Crippen molar-refractivity contribution in [2.45, 2.75) is 324 Å². The van der Waals surface area contributed by atoms with Crippen molar-refractivity contribution >= 4 is 49.8 Å². The molecule has 0 radical (unpaired) electrons. The molecule has 0 atom stereocenters. The van der Waals surface area contributed by atoms with Gasteiger partial charge < -0.3 is 0 Å². The Hall–Kier alpha value is -2.43. The lowest BCUT2D eigenvalue weighted by Gasteiger charge is -2.57. The monoisotopic (exact) mass is 1100 g/mol. The fraction of sp³-hybridized carbons (Fsp3) is 0.714. The largest absolute Gasteiger partial charge is 0.281 e. The molecule has 428 valence electrons. The standard InChI is InChI=1S/C56H108BSi4.C14H15N/c1-45(2,3)58(46(4,5)6,47(7,8)9)41-37-57(38-42-59(48(10,11)12,49(13,14)15)50(16,17)18,39-43-60(51(19,20)21,52(22,23)24)53(25,26)27)40-44-61(54(28,29)30,55(31,32)33)56(34,35)36;1-11-7-3-5-9-13(11)15-14-10-6-4-8-12(14)2/h1-36H3;3-10,15H,1-2H3/q-1;/p+1. The summed E-state index contributed by atoms with van der Waals surface area (Å²) >= 11 is 0. The SMILES string of the molecule is CC(C)(C)[Si](C#C[B-](C#C[Si](C(C)(C)C)(C(C)(C)C)C(C)(C)C)(C#C[Si](C(C)(C)C)(C(C)(C)C)C(C)(C)C)C#C[Si](C(C)(C)C)(C(C)(C)C)C(C)(C)C)(C(C)(C)C)C(C)(C)C.Cc1ccccc1[NH2+]c1ccccc1C. The summed E-state index contributed by atoms with van der Waals surface area (Å²) in [5.41, 5.74) is 22.9. The molecular formula is C70H124BNSi4. The molecule has 0 saturated heterocycles. The minimum atomic E-state index is -2.58. The molecule has 1 nitrogen and oxygen atoms in total. The Morgan fingerprint density at radius 3 is 0.539 bits per heavy atom. The molecule has 0 fully saturated rings. The number of hydrogen-bond donors (Lipinski definition) is 1. The van der Waals surface area contributed by atoms with E-state index >= 15 is 0 Å². The van der Waals surface area contributed by atoms with E-state index in [1.807, 2.05) is 0 Å². The Bertz CT molecular complexity index is 2100. The lowest BCUT2D eigenvalue weighted by atomic mass is 9.28. The summed E-state index contributed by atoms with van der Waals surface area (Å²) in [6.45, 7) is 93.0. The zero-order valence-electron chi connectivity index (χ0n) is 57.8. The van der Waals surface area contributed by atoms with Gasteiger partial charge in [-0.1, -0.05) is 286 Å². The maximum atomic E-state index is 4.41. The van der Waals surface area contributed by atoms with Crippen molar-refractivity contribution in [3.05, 3.63) is 59.7 Å². The molecule has 2 rings (SSSR count). The van der Waals surface area contributed by atoms with Crippen molar-refractivity contribution in [3.63, 3.8) is 0 Å². The zero-order chi connectivity index (χ0) is 60.8. The van der Waals surface area contributed by atoms with E-state index < -0.39 is 38.4 Å². The van der Waals surface area contributed by atoms with Crippen LogP contribution in [-0.2, 0) is 0 Å². The summed E-state index contributed by atoms with van der Waals surface area (Å²) in [4.78, 5) is 0. The van der Waals surface area contributed by atoms with Crippen LogP contribution in [0.25, 0.3) is 0 Å². The average Bonchev–Trinajstić information content (AvgIpc) is 3.10. The highest BCUT2D eigenvalue weighted by Crippen LogP contribution is 2.65. The number of nitrogens with two attached hydrogens (primary N) is 1. The first-order valence-corrected chi connectivity index (χ1v) is 37.4. The van der Waals surface area contributed by atoms with Crippen LogP contribution in [-0.4, -0.2) is 38.4 Å². The highest BCUT2D eigenvalue weighted by atomic mass is 28.3. The molecule has 0 aliphatic rings. The minimum absolute atomic E-state index is 0.0190. The fourth-order valence-electron chi connectivity index (χ4n) is 18.5. The van der Waals surface area contributed by atoms with Crippen LogP contribution < -0.4 is 5.32 Å². The molecular weight excluding hydrogens is 978 g/mol. The van der Waals surface area contributed by atoms with Gasteiger partial charge >= 0.3 is 0 Å². The highest BCUT2D eigenvalue weighted by molar-refractivity contribution is 7.11. The first-order chi connectivity index (χ1) is 33.1. The molecule has 0 unspecified atom stereocenters. The van der Waals surface area contributed by atoms with E-state index in [4.69, 9.17) is 0 Å². The third-order valence-electron chi connectivity index (χ3n) is 18.1. The Labute approximate surface area is 480 Å². The molecule has 2 N–H and O–H groups in total. The Morgan fingerprint density at radius 2 is 0.408 bits per heavy atom. The first kappa shape index (κ1) is 71.6. The fourth-order valence-corrected chi connectivity index (χ4v) is 51.7. The quantitative estimate of drug-likeness (QED) is 0.175. The number of quaternary nitrogens is 1. The molecule has 0 saturated carbocycles. The van der Waals surface area contributed by atoms with Gasteiger partial charge in [-0.3, -0.25) is 28.6 Å². The topological polar surface area (TPSA) is 16.6 Å². The van der Waals surface area contributed by atoms with Gasteiger partial charge in [-0.25, -0.2) is 0 Å². The van der Waals surface area contributed by atoms with Gasteiger partial charge in [0.2, 0.25) is 0 Å². The van der Waals surface area contributed by atoms with Crippen LogP contribution >= 0.6 is 0 Å². The second kappa shape index (κ2) is 22.5. The van der Waals surface area contributed by atoms with Crippen LogP contribution in [0.15, 0.2) is 48.5 Å². The van der Waals surface area contributed by atoms with Crippen molar-refractivity contribution in [2.24, 2.45) is 0 Å². The number of hydrogen-bond acceptors (Lipinski definition) is 0. The van der Waals surface area contributed by atoms with Gasteiger partial charge in [-0.2, -0.15) is 22.2 Å². The van der Waals surface area contributed by atoms with Gasteiger partial charge in [0, 0.05) is 11.1 Å². The van der Waals surface area contributed by atoms with Crippen LogP contribution in [0.4, 0.5) is 11.4 Å². The second-order valence-corrected chi connectivity index (χ2v) is 60.8. The molecule has 0 spiro atoms. The summed E-state index contributed by atoms with van der Waals surface area (Å²) < 4.78 is 0. The van der Waals surface area contributed by atoms with Crippen molar-refractivity contribution in [2.75, 3.05) is 0 Å². The van der Waals surface area contributed by atoms with Gasteiger partial charge in [0.1, 0.15) is 43.7 Å². The van der Waals surface area contributed by atoms with Crippen LogP contribution in [0, 0.1) is 59.3 Å². The van der Waals surface area contributed by atoms with Gasteiger partial charge in [-0.15, -0.1) is 0 Å². The zero-order valence-corrected chi connectivity index (χ0v) is 61.8. The van der Waals surface area contributed by atoms with Crippen LogP contribution in [0.1, 0.15) is 260 Å². The van der Waals surface area contributed by atoms with E-state index in [0.717, 1.165) is 0 Å². The third kappa shape index (κ3) is 14.0. The van der Waals surface area contributed by atoms with Gasteiger partial charge in [0.25, 0.3) is 6.15 Å². The molecule has 0 heterocycles. The Kier molecular flexibility index (Phi) is 21.2. The second-order valence-electron chi connectivity index (χ2n) is 35.8. The first-order valence-electron chi connectivity index (χ1n) is 29.4. The van der Waals surface area contributed by atoms with E-state index in [0.29, 0.717) is 0 Å². The van der Waals surface area contributed by atoms with E-state index in [1.54, 1.807) is 0 Å². The van der Waals surface area contributed by atoms with E-state index in [1.165, 1.54) is 22.5 Å². The van der Waals surface area contributed by atoms with Crippen LogP contribution in [0.3, 0.4) is 0 Å². The van der Waals surface area contributed by atoms with E-state index in [-0.39, 0.29) is 60.5 Å². The molecule has 2 aromatic rings. The normalized spacial score (nSPS) is 14.6. The molecule has 2 aromatic carbocycles. The van der Waals surface area contributed by atoms with Crippen molar-refractivity contribution < 1.29 is 5.32 Å². The van der Waals surface area contributed by atoms with Crippen LogP contribution in [0.2, 0.25) is 60.5 Å². The minimum Gasteiger partial charge on any atom is -0.281 e. The van der Waals surface area contributed by atoms with Crippen molar-refractivity contribution in [1.82, 2.24) is 0 Å². The molecule has 76 heavy (non-hydrogen) atoms. The summed E-state index contributed by atoms with van der Waals surface area (Å²) in [7, 11) is -10.3. The number of benzene rings is 2. The predicted octanol–water partition coefficient (Wildman–Crippen LogP) is 22.0. The van der Waals surface area contributed by atoms with Crippen LogP contribution in [0.5, 0.6) is 0 Å². The number of para-hydroxylation sites is 2. The van der Waals surface area contributed by atoms with E-state index in [2.05, 4.69) is 362 Å². The maximum Gasteiger partial charge on any atom is 0.268 e. The summed E-state index contributed by atoms with van der Waals surface area (Å²) in [6.07, 6.45) is -2.21. The third-order valence-corrected chi connectivity index (χ3v) is 47.2. The summed E-state index contributed by atoms with van der Waals surface area (Å²) in [6, 6.07) is 16.9. The molecule has 0 aliphatic carbocycles. The Morgan fingerprint density at radius 1 is 0.263 bits per heavy atom. The molecule has 0 aromatic heterocycles. The molecule has 0 aliphatic heterocycles. The maximum absolute atomic E-state index is 4.41. The average molecular weight is 1100 g/mol. The lowest BCUT2D eigenvalue weighted by Crippen LogP contribution is -2.71.